The Bertz CT molecular complexity index is 580. The quantitative estimate of drug-likeness (QED) is 0.837. The zero-order valence-corrected chi connectivity index (χ0v) is 12.0. The van der Waals surface area contributed by atoms with E-state index in [9.17, 15) is 4.79 Å². The zero-order valence-electron chi connectivity index (χ0n) is 11.1. The van der Waals surface area contributed by atoms with Crippen LogP contribution in [0.3, 0.4) is 0 Å². The highest BCUT2D eigenvalue weighted by Gasteiger charge is 2.11. The van der Waals surface area contributed by atoms with Crippen molar-refractivity contribution in [2.45, 2.75) is 18.7 Å². The van der Waals surface area contributed by atoms with Crippen molar-refractivity contribution in [3.63, 3.8) is 0 Å². The highest BCUT2D eigenvalue weighted by atomic mass is 32.2. The highest BCUT2D eigenvalue weighted by Crippen LogP contribution is 2.23. The molecular weight excluding hydrogens is 254 g/mol. The average Bonchev–Trinajstić information content (AvgIpc) is 2.42. The first-order chi connectivity index (χ1) is 9.22. The van der Waals surface area contributed by atoms with Crippen molar-refractivity contribution in [1.82, 2.24) is 0 Å². The van der Waals surface area contributed by atoms with Gasteiger partial charge in [-0.25, -0.2) is 0 Å². The second kappa shape index (κ2) is 6.43. The van der Waals surface area contributed by atoms with Crippen LogP contribution < -0.4 is 5.32 Å². The molecule has 0 spiro atoms. The van der Waals surface area contributed by atoms with E-state index in [2.05, 4.69) is 12.2 Å². The standard InChI is InChI=1S/C16H17NOS/c1-3-19-15-11-7-5-9-13(15)16(18)17-14-10-6-4-8-12(14)2/h4-11H,3H2,1-2H3,(H,17,18). The van der Waals surface area contributed by atoms with Crippen LogP contribution in [0, 0.1) is 6.92 Å². The van der Waals surface area contributed by atoms with Gasteiger partial charge in [-0.05, 0) is 36.4 Å². The third-order valence-corrected chi connectivity index (χ3v) is 3.78. The molecule has 0 aliphatic carbocycles. The van der Waals surface area contributed by atoms with Gasteiger partial charge < -0.3 is 5.32 Å². The predicted molar refractivity (Wildman–Crippen MR) is 82.0 cm³/mol. The monoisotopic (exact) mass is 271 g/mol. The minimum Gasteiger partial charge on any atom is -0.322 e. The largest absolute Gasteiger partial charge is 0.322 e. The van der Waals surface area contributed by atoms with Gasteiger partial charge in [0.15, 0.2) is 0 Å². The lowest BCUT2D eigenvalue weighted by molar-refractivity contribution is 0.102. The maximum Gasteiger partial charge on any atom is 0.256 e. The van der Waals surface area contributed by atoms with E-state index in [1.165, 1.54) is 0 Å². The van der Waals surface area contributed by atoms with Gasteiger partial charge in [0, 0.05) is 10.6 Å². The molecule has 0 saturated heterocycles. The summed E-state index contributed by atoms with van der Waals surface area (Å²) in [6.45, 7) is 4.07. The van der Waals surface area contributed by atoms with Gasteiger partial charge in [0.1, 0.15) is 0 Å². The first-order valence-electron chi connectivity index (χ1n) is 6.31. The number of hydrogen-bond donors (Lipinski definition) is 1. The summed E-state index contributed by atoms with van der Waals surface area (Å²) in [6.07, 6.45) is 0. The molecule has 98 valence electrons. The number of benzene rings is 2. The molecule has 0 radical (unpaired) electrons. The number of carbonyl (C=O) groups excluding carboxylic acids is 1. The number of hydrogen-bond acceptors (Lipinski definition) is 2. The van der Waals surface area contributed by atoms with Crippen molar-refractivity contribution in [3.8, 4) is 0 Å². The van der Waals surface area contributed by atoms with E-state index < -0.39 is 0 Å². The normalized spacial score (nSPS) is 10.2. The van der Waals surface area contributed by atoms with E-state index in [0.717, 1.165) is 27.5 Å². The summed E-state index contributed by atoms with van der Waals surface area (Å²) in [4.78, 5) is 13.4. The molecule has 2 aromatic carbocycles. The summed E-state index contributed by atoms with van der Waals surface area (Å²) >= 11 is 1.68. The van der Waals surface area contributed by atoms with Crippen LogP contribution in [0.15, 0.2) is 53.4 Å². The number of aryl methyl sites for hydroxylation is 1. The molecule has 1 N–H and O–H groups in total. The van der Waals surface area contributed by atoms with E-state index in [-0.39, 0.29) is 5.91 Å². The number of anilines is 1. The summed E-state index contributed by atoms with van der Waals surface area (Å²) in [5, 5.41) is 2.97. The molecule has 1 amide bonds. The summed E-state index contributed by atoms with van der Waals surface area (Å²) in [6, 6.07) is 15.5. The second-order valence-corrected chi connectivity index (χ2v) is 5.50. The smallest absolute Gasteiger partial charge is 0.256 e. The van der Waals surface area contributed by atoms with Gasteiger partial charge in [-0.2, -0.15) is 0 Å². The summed E-state index contributed by atoms with van der Waals surface area (Å²) in [5.41, 5.74) is 2.66. The Morgan fingerprint density at radius 1 is 1.11 bits per heavy atom. The first kappa shape index (κ1) is 13.7. The lowest BCUT2D eigenvalue weighted by Gasteiger charge is -2.10. The van der Waals surface area contributed by atoms with Crippen molar-refractivity contribution >= 4 is 23.4 Å². The van der Waals surface area contributed by atoms with Gasteiger partial charge in [-0.3, -0.25) is 4.79 Å². The van der Waals surface area contributed by atoms with Crippen LogP contribution in [0.1, 0.15) is 22.8 Å². The Labute approximate surface area is 118 Å². The maximum atomic E-state index is 12.3. The first-order valence-corrected chi connectivity index (χ1v) is 7.29. The predicted octanol–water partition coefficient (Wildman–Crippen LogP) is 4.36. The van der Waals surface area contributed by atoms with Gasteiger partial charge in [0.25, 0.3) is 5.91 Å². The number of nitrogens with one attached hydrogen (secondary N) is 1. The van der Waals surface area contributed by atoms with Crippen LogP contribution in [0.2, 0.25) is 0 Å². The van der Waals surface area contributed by atoms with Crippen LogP contribution in [0.4, 0.5) is 5.69 Å². The topological polar surface area (TPSA) is 29.1 Å². The molecule has 2 nitrogen and oxygen atoms in total. The molecule has 3 heteroatoms. The van der Waals surface area contributed by atoms with Crippen LogP contribution in [0.25, 0.3) is 0 Å². The molecule has 2 rings (SSSR count). The molecule has 0 aromatic heterocycles. The van der Waals surface area contributed by atoms with Crippen molar-refractivity contribution < 1.29 is 4.79 Å². The fourth-order valence-corrected chi connectivity index (χ4v) is 2.64. The van der Waals surface area contributed by atoms with Gasteiger partial charge in [-0.15, -0.1) is 11.8 Å². The Morgan fingerprint density at radius 3 is 2.53 bits per heavy atom. The minimum absolute atomic E-state index is 0.0501. The molecular formula is C16H17NOS. The maximum absolute atomic E-state index is 12.3. The van der Waals surface area contributed by atoms with E-state index in [1.54, 1.807) is 11.8 Å². The van der Waals surface area contributed by atoms with Gasteiger partial charge in [-0.1, -0.05) is 37.3 Å². The fourth-order valence-electron chi connectivity index (χ4n) is 1.84. The summed E-state index contributed by atoms with van der Waals surface area (Å²) in [7, 11) is 0. The van der Waals surface area contributed by atoms with Crippen molar-refractivity contribution in [3.05, 3.63) is 59.7 Å². The van der Waals surface area contributed by atoms with Crippen LogP contribution >= 0.6 is 11.8 Å². The van der Waals surface area contributed by atoms with Crippen LogP contribution in [-0.4, -0.2) is 11.7 Å². The molecule has 19 heavy (non-hydrogen) atoms. The Morgan fingerprint density at radius 2 is 1.79 bits per heavy atom. The highest BCUT2D eigenvalue weighted by molar-refractivity contribution is 7.99. The SMILES string of the molecule is CCSc1ccccc1C(=O)Nc1ccccc1C. The number of amides is 1. The van der Waals surface area contributed by atoms with Crippen molar-refractivity contribution in [2.75, 3.05) is 11.1 Å². The Hall–Kier alpha value is -1.74. The lowest BCUT2D eigenvalue weighted by Crippen LogP contribution is -2.13. The Kier molecular flexibility index (Phi) is 4.63. The van der Waals surface area contributed by atoms with Gasteiger partial charge in [0.05, 0.1) is 5.56 Å². The number of para-hydroxylation sites is 1. The van der Waals surface area contributed by atoms with E-state index in [1.807, 2.05) is 55.5 Å². The zero-order chi connectivity index (χ0) is 13.7. The molecule has 0 heterocycles. The van der Waals surface area contributed by atoms with Crippen LogP contribution in [-0.2, 0) is 0 Å². The molecule has 0 bridgehead atoms. The van der Waals surface area contributed by atoms with Gasteiger partial charge >= 0.3 is 0 Å². The van der Waals surface area contributed by atoms with Crippen LogP contribution in [0.5, 0.6) is 0 Å². The lowest BCUT2D eigenvalue weighted by atomic mass is 10.1. The van der Waals surface area contributed by atoms with E-state index in [0.29, 0.717) is 0 Å². The average molecular weight is 271 g/mol. The summed E-state index contributed by atoms with van der Waals surface area (Å²) < 4.78 is 0. The van der Waals surface area contributed by atoms with Crippen molar-refractivity contribution in [2.24, 2.45) is 0 Å². The van der Waals surface area contributed by atoms with E-state index in [4.69, 9.17) is 0 Å². The molecule has 0 fully saturated rings. The third-order valence-electron chi connectivity index (χ3n) is 2.82. The second-order valence-electron chi connectivity index (χ2n) is 4.20. The molecule has 0 saturated carbocycles. The van der Waals surface area contributed by atoms with E-state index >= 15 is 0 Å². The number of rotatable bonds is 4. The molecule has 0 aliphatic heterocycles. The minimum atomic E-state index is -0.0501. The molecule has 2 aromatic rings. The molecule has 0 unspecified atom stereocenters. The fraction of sp³-hybridized carbons (Fsp3) is 0.188. The number of thioether (sulfide) groups is 1. The molecule has 0 aliphatic rings. The molecule has 0 atom stereocenters. The van der Waals surface area contributed by atoms with Gasteiger partial charge in [0.2, 0.25) is 0 Å². The Balaban J connectivity index is 2.23. The van der Waals surface area contributed by atoms with Crippen molar-refractivity contribution in [1.29, 1.82) is 0 Å². The third kappa shape index (κ3) is 3.38. The number of carbonyl (C=O) groups is 1. The summed E-state index contributed by atoms with van der Waals surface area (Å²) in [5.74, 6) is 0.903.